The molecule has 0 saturated carbocycles. The first-order chi connectivity index (χ1) is 12.8. The number of carbonyl (C=O) groups excluding carboxylic acids is 1. The van der Waals surface area contributed by atoms with Crippen LogP contribution in [0.15, 0.2) is 45.6 Å². The third-order valence-corrected chi connectivity index (χ3v) is 4.65. The van der Waals surface area contributed by atoms with Gasteiger partial charge in [0.15, 0.2) is 6.61 Å². The van der Waals surface area contributed by atoms with Crippen molar-refractivity contribution in [2.45, 2.75) is 27.4 Å². The van der Waals surface area contributed by atoms with Gasteiger partial charge in [-0.2, -0.15) is 0 Å². The molecular formula is C21H19ClO5. The van der Waals surface area contributed by atoms with Gasteiger partial charge in [0.25, 0.3) is 0 Å². The second kappa shape index (κ2) is 7.84. The fourth-order valence-corrected chi connectivity index (χ4v) is 2.87. The van der Waals surface area contributed by atoms with E-state index >= 15 is 0 Å². The Labute approximate surface area is 161 Å². The molecular weight excluding hydrogens is 368 g/mol. The normalized spacial score (nSPS) is 10.8. The van der Waals surface area contributed by atoms with Gasteiger partial charge in [0.1, 0.15) is 17.9 Å². The average Bonchev–Trinajstić information content (AvgIpc) is 2.63. The van der Waals surface area contributed by atoms with E-state index in [2.05, 4.69) is 0 Å². The van der Waals surface area contributed by atoms with E-state index in [-0.39, 0.29) is 13.2 Å². The van der Waals surface area contributed by atoms with E-state index < -0.39 is 11.6 Å². The van der Waals surface area contributed by atoms with Crippen molar-refractivity contribution in [3.05, 3.63) is 74.1 Å². The molecule has 3 rings (SSSR count). The van der Waals surface area contributed by atoms with Crippen molar-refractivity contribution in [2.75, 3.05) is 6.61 Å². The van der Waals surface area contributed by atoms with Gasteiger partial charge in [-0.25, -0.2) is 9.59 Å². The van der Waals surface area contributed by atoms with E-state index in [4.69, 9.17) is 25.5 Å². The van der Waals surface area contributed by atoms with E-state index in [0.717, 1.165) is 22.1 Å². The van der Waals surface area contributed by atoms with Crippen molar-refractivity contribution in [3.8, 4) is 5.75 Å². The van der Waals surface area contributed by atoms with Gasteiger partial charge in [-0.05, 0) is 49.6 Å². The van der Waals surface area contributed by atoms with Crippen LogP contribution < -0.4 is 10.4 Å². The Hall–Kier alpha value is -2.79. The van der Waals surface area contributed by atoms with Crippen LogP contribution in [0.1, 0.15) is 22.3 Å². The number of hydrogen-bond donors (Lipinski definition) is 0. The number of carbonyl (C=O) groups is 1. The first-order valence-corrected chi connectivity index (χ1v) is 8.80. The van der Waals surface area contributed by atoms with Gasteiger partial charge < -0.3 is 13.9 Å². The van der Waals surface area contributed by atoms with Crippen molar-refractivity contribution in [1.82, 2.24) is 0 Å². The molecule has 27 heavy (non-hydrogen) atoms. The Kier molecular flexibility index (Phi) is 5.51. The van der Waals surface area contributed by atoms with Gasteiger partial charge in [-0.3, -0.25) is 0 Å². The zero-order valence-electron chi connectivity index (χ0n) is 15.3. The largest absolute Gasteiger partial charge is 0.480 e. The van der Waals surface area contributed by atoms with Gasteiger partial charge in [0.05, 0.1) is 5.02 Å². The van der Waals surface area contributed by atoms with Crippen LogP contribution in [0.4, 0.5) is 0 Å². The predicted octanol–water partition coefficient (Wildman–Crippen LogP) is 4.49. The first-order valence-electron chi connectivity index (χ1n) is 8.42. The molecule has 1 aromatic heterocycles. The summed E-state index contributed by atoms with van der Waals surface area (Å²) in [5.74, 6) is -0.136. The number of benzene rings is 2. The minimum Gasteiger partial charge on any atom is -0.480 e. The number of fused-ring (bicyclic) bond motifs is 1. The molecule has 0 N–H and O–H groups in total. The van der Waals surface area contributed by atoms with Crippen molar-refractivity contribution in [1.29, 1.82) is 0 Å². The lowest BCUT2D eigenvalue weighted by molar-refractivity contribution is -0.147. The fourth-order valence-electron chi connectivity index (χ4n) is 2.70. The van der Waals surface area contributed by atoms with Crippen LogP contribution in [0.3, 0.4) is 0 Å². The SMILES string of the molecule is Cc1ccc(Cl)c(OCC(=O)OCc2cc(=O)oc3c(C)c(C)ccc23)c1. The Morgan fingerprint density at radius 3 is 2.67 bits per heavy atom. The predicted molar refractivity (Wildman–Crippen MR) is 103 cm³/mol. The highest BCUT2D eigenvalue weighted by molar-refractivity contribution is 6.32. The van der Waals surface area contributed by atoms with Crippen LogP contribution in [-0.2, 0) is 16.1 Å². The van der Waals surface area contributed by atoms with Crippen molar-refractivity contribution >= 4 is 28.5 Å². The number of halogens is 1. The molecule has 5 nitrogen and oxygen atoms in total. The van der Waals surface area contributed by atoms with Crippen LogP contribution in [0, 0.1) is 20.8 Å². The smallest absolute Gasteiger partial charge is 0.344 e. The second-order valence-corrected chi connectivity index (χ2v) is 6.77. The second-order valence-electron chi connectivity index (χ2n) is 6.36. The molecule has 0 radical (unpaired) electrons. The van der Waals surface area contributed by atoms with Crippen LogP contribution in [0.25, 0.3) is 11.0 Å². The summed E-state index contributed by atoms with van der Waals surface area (Å²) in [6, 6.07) is 10.4. The number of esters is 1. The first kappa shape index (κ1) is 19.0. The molecule has 2 aromatic carbocycles. The van der Waals surface area contributed by atoms with Gasteiger partial charge in [-0.15, -0.1) is 0 Å². The Bertz CT molecular complexity index is 1070. The summed E-state index contributed by atoms with van der Waals surface area (Å²) in [5, 5.41) is 1.17. The average molecular weight is 387 g/mol. The van der Waals surface area contributed by atoms with Crippen LogP contribution >= 0.6 is 11.6 Å². The Morgan fingerprint density at radius 2 is 1.89 bits per heavy atom. The molecule has 1 heterocycles. The third kappa shape index (κ3) is 4.31. The van der Waals surface area contributed by atoms with Crippen LogP contribution in [0.5, 0.6) is 5.75 Å². The Morgan fingerprint density at radius 1 is 1.11 bits per heavy atom. The summed E-state index contributed by atoms with van der Waals surface area (Å²) in [6.45, 7) is 5.40. The van der Waals surface area contributed by atoms with E-state index in [0.29, 0.717) is 21.9 Å². The minimum absolute atomic E-state index is 0.0473. The summed E-state index contributed by atoms with van der Waals surface area (Å²) in [4.78, 5) is 23.9. The highest BCUT2D eigenvalue weighted by Gasteiger charge is 2.12. The van der Waals surface area contributed by atoms with E-state index in [9.17, 15) is 9.59 Å². The molecule has 0 saturated heterocycles. The monoisotopic (exact) mass is 386 g/mol. The summed E-state index contributed by atoms with van der Waals surface area (Å²) < 4.78 is 16.0. The number of hydrogen-bond acceptors (Lipinski definition) is 5. The number of aryl methyl sites for hydroxylation is 3. The lowest BCUT2D eigenvalue weighted by Gasteiger charge is -2.11. The molecule has 0 spiro atoms. The molecule has 140 valence electrons. The maximum Gasteiger partial charge on any atom is 0.344 e. The highest BCUT2D eigenvalue weighted by Crippen LogP contribution is 2.26. The molecule has 3 aromatic rings. The molecule has 0 aliphatic heterocycles. The number of ether oxygens (including phenoxy) is 2. The van der Waals surface area contributed by atoms with E-state index in [1.54, 1.807) is 12.1 Å². The quantitative estimate of drug-likeness (QED) is 0.477. The van der Waals surface area contributed by atoms with Gasteiger partial charge in [0.2, 0.25) is 0 Å². The van der Waals surface area contributed by atoms with Crippen LogP contribution in [0.2, 0.25) is 5.02 Å². The summed E-state index contributed by atoms with van der Waals surface area (Å²) >= 11 is 6.04. The highest BCUT2D eigenvalue weighted by atomic mass is 35.5. The van der Waals surface area contributed by atoms with Crippen molar-refractivity contribution in [3.63, 3.8) is 0 Å². The third-order valence-electron chi connectivity index (χ3n) is 4.34. The van der Waals surface area contributed by atoms with E-state index in [1.165, 1.54) is 6.07 Å². The lowest BCUT2D eigenvalue weighted by Crippen LogP contribution is -2.15. The molecule has 0 unspecified atom stereocenters. The van der Waals surface area contributed by atoms with Gasteiger partial charge >= 0.3 is 11.6 Å². The molecule has 0 atom stereocenters. The Balaban J connectivity index is 1.71. The molecule has 0 bridgehead atoms. The fraction of sp³-hybridized carbons (Fsp3) is 0.238. The van der Waals surface area contributed by atoms with Crippen LogP contribution in [-0.4, -0.2) is 12.6 Å². The summed E-state index contributed by atoms with van der Waals surface area (Å²) in [5.41, 5.74) is 3.49. The molecule has 0 fully saturated rings. The topological polar surface area (TPSA) is 65.7 Å². The van der Waals surface area contributed by atoms with Crippen molar-refractivity contribution in [2.24, 2.45) is 0 Å². The summed E-state index contributed by atoms with van der Waals surface area (Å²) in [7, 11) is 0. The standard InChI is InChI=1S/C21H19ClO5/c1-12-4-7-17(22)18(8-12)25-11-20(24)26-10-15-9-19(23)27-21-14(3)13(2)5-6-16(15)21/h4-9H,10-11H2,1-3H3. The minimum atomic E-state index is -0.558. The van der Waals surface area contributed by atoms with Crippen molar-refractivity contribution < 1.29 is 18.7 Å². The molecule has 0 amide bonds. The molecule has 0 aliphatic carbocycles. The number of rotatable bonds is 5. The zero-order valence-corrected chi connectivity index (χ0v) is 16.1. The lowest BCUT2D eigenvalue weighted by atomic mass is 10.0. The van der Waals surface area contributed by atoms with Gasteiger partial charge in [0, 0.05) is 17.0 Å². The molecule has 6 heteroatoms. The maximum atomic E-state index is 12.0. The summed E-state index contributed by atoms with van der Waals surface area (Å²) in [6.07, 6.45) is 0. The van der Waals surface area contributed by atoms with E-state index in [1.807, 2.05) is 39.0 Å². The molecule has 0 aliphatic rings. The zero-order chi connectivity index (χ0) is 19.6. The van der Waals surface area contributed by atoms with Gasteiger partial charge in [-0.1, -0.05) is 29.8 Å². The maximum absolute atomic E-state index is 12.0.